The van der Waals surface area contributed by atoms with Gasteiger partial charge in [0.05, 0.1) is 29.1 Å². The van der Waals surface area contributed by atoms with Crippen LogP contribution in [0.15, 0.2) is 53.4 Å². The zero-order valence-corrected chi connectivity index (χ0v) is 19.7. The first-order valence-corrected chi connectivity index (χ1v) is 12.4. The van der Waals surface area contributed by atoms with E-state index < -0.39 is 16.0 Å². The number of carbonyl (C=O) groups is 1. The average molecular weight is 490 g/mol. The molecule has 0 bridgehead atoms. The molecule has 2 aromatic carbocycles. The lowest BCUT2D eigenvalue weighted by Gasteiger charge is -2.26. The lowest BCUT2D eigenvalue weighted by atomic mass is 10.2. The highest BCUT2D eigenvalue weighted by atomic mass is 35.5. The number of aromatic nitrogens is 2. The highest BCUT2D eigenvalue weighted by Crippen LogP contribution is 2.24. The first kappa shape index (κ1) is 23.4. The molecule has 0 amide bonds. The van der Waals surface area contributed by atoms with E-state index in [0.717, 1.165) is 5.52 Å². The molecule has 1 saturated heterocycles. The Morgan fingerprint density at radius 3 is 2.70 bits per heavy atom. The Hall–Kier alpha value is -2.72. The number of esters is 1. The zero-order chi connectivity index (χ0) is 23.4. The molecule has 0 radical (unpaired) electrons. The van der Waals surface area contributed by atoms with Crippen molar-refractivity contribution in [3.8, 4) is 0 Å². The first-order chi connectivity index (χ1) is 15.9. The predicted octanol–water partition coefficient (Wildman–Crippen LogP) is 3.49. The molecule has 3 aromatic rings. The van der Waals surface area contributed by atoms with Crippen LogP contribution in [0.1, 0.15) is 18.3 Å². The van der Waals surface area contributed by atoms with Crippen LogP contribution in [0.3, 0.4) is 0 Å². The topological polar surface area (TPSA) is 90.7 Å². The monoisotopic (exact) mass is 489 g/mol. The summed E-state index contributed by atoms with van der Waals surface area (Å²) in [5.74, 6) is 0.00753. The summed E-state index contributed by atoms with van der Waals surface area (Å²) >= 11 is 6.09. The number of hydrogen-bond acceptors (Lipinski definition) is 6. The molecule has 2 heterocycles. The average Bonchev–Trinajstić information content (AvgIpc) is 3.19. The SMILES string of the molecule is CCn1c(COC(=O)/C=C/c2ccccc2Cl)nc2cc(S(=O)(=O)N3CCOCC3)ccc21. The van der Waals surface area contributed by atoms with Gasteiger partial charge in [0.25, 0.3) is 0 Å². The van der Waals surface area contributed by atoms with Gasteiger partial charge < -0.3 is 14.0 Å². The molecule has 0 saturated carbocycles. The van der Waals surface area contributed by atoms with Crippen LogP contribution in [0.25, 0.3) is 17.1 Å². The lowest BCUT2D eigenvalue weighted by molar-refractivity contribution is -0.139. The Bertz CT molecular complexity index is 1300. The fraction of sp³-hybridized carbons (Fsp3) is 0.304. The third-order valence-corrected chi connectivity index (χ3v) is 7.61. The van der Waals surface area contributed by atoms with E-state index in [0.29, 0.717) is 54.8 Å². The fourth-order valence-corrected chi connectivity index (χ4v) is 5.30. The summed E-state index contributed by atoms with van der Waals surface area (Å²) in [6.45, 7) is 3.91. The number of halogens is 1. The van der Waals surface area contributed by atoms with Crippen LogP contribution >= 0.6 is 11.6 Å². The Labute approximate surface area is 197 Å². The normalized spacial score (nSPS) is 15.3. The van der Waals surface area contributed by atoms with Gasteiger partial charge in [-0.3, -0.25) is 0 Å². The maximum atomic E-state index is 13.0. The van der Waals surface area contributed by atoms with E-state index in [-0.39, 0.29) is 11.5 Å². The second-order valence-corrected chi connectivity index (χ2v) is 9.75. The van der Waals surface area contributed by atoms with Crippen LogP contribution in [-0.4, -0.2) is 54.5 Å². The molecular weight excluding hydrogens is 466 g/mol. The molecule has 10 heteroatoms. The van der Waals surface area contributed by atoms with Crippen molar-refractivity contribution in [2.45, 2.75) is 25.0 Å². The molecule has 33 heavy (non-hydrogen) atoms. The van der Waals surface area contributed by atoms with Crippen molar-refractivity contribution in [2.75, 3.05) is 26.3 Å². The second kappa shape index (κ2) is 10.0. The first-order valence-electron chi connectivity index (χ1n) is 10.6. The predicted molar refractivity (Wildman–Crippen MR) is 125 cm³/mol. The van der Waals surface area contributed by atoms with Crippen molar-refractivity contribution >= 4 is 44.7 Å². The lowest BCUT2D eigenvalue weighted by Crippen LogP contribution is -2.40. The maximum Gasteiger partial charge on any atom is 0.331 e. The number of aryl methyl sites for hydroxylation is 1. The summed E-state index contributed by atoms with van der Waals surface area (Å²) in [6, 6.07) is 12.1. The van der Waals surface area contributed by atoms with Gasteiger partial charge >= 0.3 is 5.97 Å². The van der Waals surface area contributed by atoms with E-state index >= 15 is 0 Å². The van der Waals surface area contributed by atoms with Crippen molar-refractivity contribution in [1.82, 2.24) is 13.9 Å². The van der Waals surface area contributed by atoms with E-state index in [4.69, 9.17) is 21.1 Å². The number of imidazole rings is 1. The van der Waals surface area contributed by atoms with E-state index in [1.165, 1.54) is 10.4 Å². The second-order valence-electron chi connectivity index (χ2n) is 7.40. The maximum absolute atomic E-state index is 13.0. The summed E-state index contributed by atoms with van der Waals surface area (Å²) in [6.07, 6.45) is 2.91. The summed E-state index contributed by atoms with van der Waals surface area (Å²) < 4.78 is 39.9. The van der Waals surface area contributed by atoms with Gasteiger partial charge in [0.15, 0.2) is 0 Å². The minimum Gasteiger partial charge on any atom is -0.454 e. The van der Waals surface area contributed by atoms with Crippen molar-refractivity contribution in [3.63, 3.8) is 0 Å². The highest BCUT2D eigenvalue weighted by molar-refractivity contribution is 7.89. The Kier molecular flexibility index (Phi) is 7.14. The number of sulfonamides is 1. The minimum absolute atomic E-state index is 0.0419. The number of benzene rings is 2. The van der Waals surface area contributed by atoms with E-state index in [1.807, 2.05) is 23.6 Å². The van der Waals surface area contributed by atoms with Gasteiger partial charge in [-0.25, -0.2) is 18.2 Å². The van der Waals surface area contributed by atoms with Crippen molar-refractivity contribution < 1.29 is 22.7 Å². The van der Waals surface area contributed by atoms with Gasteiger partial charge in [-0.1, -0.05) is 29.8 Å². The van der Waals surface area contributed by atoms with Crippen LogP contribution < -0.4 is 0 Å². The summed E-state index contributed by atoms with van der Waals surface area (Å²) in [5.41, 5.74) is 2.02. The number of morpholine rings is 1. The van der Waals surface area contributed by atoms with Crippen LogP contribution in [0, 0.1) is 0 Å². The smallest absolute Gasteiger partial charge is 0.331 e. The summed E-state index contributed by atoms with van der Waals surface area (Å²) in [7, 11) is -3.63. The van der Waals surface area contributed by atoms with Crippen molar-refractivity contribution in [2.24, 2.45) is 0 Å². The number of fused-ring (bicyclic) bond motifs is 1. The minimum atomic E-state index is -3.63. The highest BCUT2D eigenvalue weighted by Gasteiger charge is 2.27. The summed E-state index contributed by atoms with van der Waals surface area (Å²) in [5, 5.41) is 0.539. The van der Waals surface area contributed by atoms with E-state index in [2.05, 4.69) is 4.98 Å². The van der Waals surface area contributed by atoms with E-state index in [9.17, 15) is 13.2 Å². The molecular formula is C23H24ClN3O5S. The molecule has 4 rings (SSSR count). The van der Waals surface area contributed by atoms with Crippen LogP contribution in [0.5, 0.6) is 0 Å². The molecule has 1 aromatic heterocycles. The Morgan fingerprint density at radius 1 is 1.21 bits per heavy atom. The third-order valence-electron chi connectivity index (χ3n) is 5.37. The number of ether oxygens (including phenoxy) is 2. The van der Waals surface area contributed by atoms with Gasteiger partial charge in [0.1, 0.15) is 12.4 Å². The summed E-state index contributed by atoms with van der Waals surface area (Å²) in [4.78, 5) is 16.9. The van der Waals surface area contributed by atoms with Gasteiger partial charge in [0.2, 0.25) is 10.0 Å². The number of hydrogen-bond donors (Lipinski definition) is 0. The van der Waals surface area contributed by atoms with Crippen LogP contribution in [0.2, 0.25) is 5.02 Å². The molecule has 0 aliphatic carbocycles. The van der Waals surface area contributed by atoms with Crippen molar-refractivity contribution in [3.05, 3.63) is 65.0 Å². The van der Waals surface area contributed by atoms with Gasteiger partial charge in [-0.05, 0) is 42.8 Å². The molecule has 8 nitrogen and oxygen atoms in total. The van der Waals surface area contributed by atoms with Crippen LogP contribution in [-0.2, 0) is 37.4 Å². The van der Waals surface area contributed by atoms with Gasteiger partial charge in [-0.2, -0.15) is 4.31 Å². The van der Waals surface area contributed by atoms with Gasteiger partial charge in [-0.15, -0.1) is 0 Å². The fourth-order valence-electron chi connectivity index (χ4n) is 3.67. The largest absolute Gasteiger partial charge is 0.454 e. The molecule has 0 atom stereocenters. The standard InChI is InChI=1S/C23H24ClN3O5S/c1-2-27-21-9-8-18(33(29,30)26-11-13-31-14-12-26)15-20(21)25-22(27)16-32-23(28)10-7-17-5-3-4-6-19(17)24/h3-10,15H,2,11-14,16H2,1H3/b10-7+. The zero-order valence-electron chi connectivity index (χ0n) is 18.1. The third kappa shape index (κ3) is 5.11. The molecule has 174 valence electrons. The molecule has 1 aliphatic rings. The Balaban J connectivity index is 1.52. The van der Waals surface area contributed by atoms with E-state index in [1.54, 1.807) is 36.4 Å². The Morgan fingerprint density at radius 2 is 1.97 bits per heavy atom. The number of rotatable bonds is 7. The molecule has 1 fully saturated rings. The molecule has 0 unspecified atom stereocenters. The van der Waals surface area contributed by atoms with Gasteiger partial charge in [0, 0.05) is 30.7 Å². The molecule has 0 N–H and O–H groups in total. The van der Waals surface area contributed by atoms with Crippen molar-refractivity contribution in [1.29, 1.82) is 0 Å². The van der Waals surface area contributed by atoms with Crippen LogP contribution in [0.4, 0.5) is 0 Å². The quantitative estimate of drug-likeness (QED) is 0.373. The number of carbonyl (C=O) groups excluding carboxylic acids is 1. The molecule has 0 spiro atoms. The number of nitrogens with zero attached hydrogens (tertiary/aromatic N) is 3. The molecule has 1 aliphatic heterocycles.